The molecule has 0 radical (unpaired) electrons. The van der Waals surface area contributed by atoms with E-state index in [2.05, 4.69) is 20.2 Å². The van der Waals surface area contributed by atoms with Gasteiger partial charge in [0.2, 0.25) is 11.8 Å². The van der Waals surface area contributed by atoms with Crippen LogP contribution in [0.1, 0.15) is 97.4 Å². The van der Waals surface area contributed by atoms with Crippen molar-refractivity contribution in [3.05, 3.63) is 90.3 Å². The molecule has 5 aromatic rings. The van der Waals surface area contributed by atoms with E-state index in [1.807, 2.05) is 75.1 Å². The standard InChI is InChI=1S/C49H54N10O6/c50-44-42-43(33-11-14-37(15-12-33)65-36-9-2-1-3-10-36)54-59(45(42)52-30-51-44)35-8-5-23-57(29-35)49(64)56-26-21-32(22-27-56)7-4-6-31-19-24-55(25-20-31)34-13-16-38-39(28-34)48(63)58(47(38)62)40-17-18-41(60)53-46(40)61/h1-3,9-16,28,30-32,35,40H,4-8,17-27,29H2,(H2,50,51,52)(H,53,60,61). The lowest BCUT2D eigenvalue weighted by Crippen LogP contribution is -2.54. The Kier molecular flexibility index (Phi) is 11.6. The number of carbonyl (C=O) groups is 5. The molecule has 336 valence electrons. The van der Waals surface area contributed by atoms with Crippen LogP contribution in [-0.4, -0.2) is 109 Å². The molecule has 10 rings (SSSR count). The molecule has 0 bridgehead atoms. The molecule has 3 N–H and O–H groups in total. The predicted octanol–water partition coefficient (Wildman–Crippen LogP) is 6.82. The van der Waals surface area contributed by atoms with Gasteiger partial charge in [0.1, 0.15) is 35.4 Å². The van der Waals surface area contributed by atoms with E-state index in [0.29, 0.717) is 64.3 Å². The summed E-state index contributed by atoms with van der Waals surface area (Å²) in [5, 5.41) is 8.05. The van der Waals surface area contributed by atoms with Crippen LogP contribution in [0.25, 0.3) is 22.3 Å². The second-order valence-corrected chi connectivity index (χ2v) is 18.2. The number of likely N-dealkylation sites (tertiary alicyclic amines) is 2. The summed E-state index contributed by atoms with van der Waals surface area (Å²) < 4.78 is 7.96. The van der Waals surface area contributed by atoms with Crippen molar-refractivity contribution in [2.45, 2.75) is 82.7 Å². The molecule has 0 aliphatic carbocycles. The molecule has 5 aliphatic heterocycles. The summed E-state index contributed by atoms with van der Waals surface area (Å²) in [6, 6.07) is 21.9. The van der Waals surface area contributed by atoms with Gasteiger partial charge < -0.3 is 25.2 Å². The van der Waals surface area contributed by atoms with Gasteiger partial charge >= 0.3 is 6.03 Å². The van der Waals surface area contributed by atoms with Crippen LogP contribution in [0.15, 0.2) is 79.1 Å². The van der Waals surface area contributed by atoms with Crippen molar-refractivity contribution >= 4 is 52.2 Å². The zero-order chi connectivity index (χ0) is 44.6. The van der Waals surface area contributed by atoms with Crippen molar-refractivity contribution in [2.75, 3.05) is 49.9 Å². The number of benzene rings is 3. The summed E-state index contributed by atoms with van der Waals surface area (Å²) >= 11 is 0. The number of urea groups is 1. The summed E-state index contributed by atoms with van der Waals surface area (Å²) in [4.78, 5) is 80.9. The van der Waals surface area contributed by atoms with Gasteiger partial charge in [0.05, 0.1) is 22.6 Å². The van der Waals surface area contributed by atoms with Gasteiger partial charge in [-0.05, 0) is 111 Å². The maximum absolute atomic E-state index is 14.0. The van der Waals surface area contributed by atoms with Crippen LogP contribution in [0.4, 0.5) is 16.3 Å². The number of nitrogens with zero attached hydrogens (tertiary/aromatic N) is 8. The number of carbonyl (C=O) groups excluding carboxylic acids is 5. The van der Waals surface area contributed by atoms with Crippen LogP contribution in [-0.2, 0) is 9.59 Å². The van der Waals surface area contributed by atoms with E-state index < -0.39 is 23.8 Å². The van der Waals surface area contributed by atoms with Crippen LogP contribution >= 0.6 is 0 Å². The second-order valence-electron chi connectivity index (χ2n) is 18.2. The van der Waals surface area contributed by atoms with Gasteiger partial charge in [0.15, 0.2) is 5.65 Å². The van der Waals surface area contributed by atoms with E-state index in [-0.39, 0.29) is 30.8 Å². The largest absolute Gasteiger partial charge is 0.457 e. The third kappa shape index (κ3) is 8.49. The molecular weight excluding hydrogens is 825 g/mol. The van der Waals surface area contributed by atoms with E-state index in [4.69, 9.17) is 15.6 Å². The molecule has 4 fully saturated rings. The fourth-order valence-corrected chi connectivity index (χ4v) is 10.5. The number of hydrogen-bond donors (Lipinski definition) is 2. The molecule has 16 heteroatoms. The number of imide groups is 2. The maximum atomic E-state index is 14.0. The average Bonchev–Trinajstić information content (AvgIpc) is 3.85. The predicted molar refractivity (Wildman–Crippen MR) is 243 cm³/mol. The van der Waals surface area contributed by atoms with E-state index in [0.717, 1.165) is 86.6 Å². The van der Waals surface area contributed by atoms with E-state index in [1.54, 1.807) is 12.1 Å². The highest BCUT2D eigenvalue weighted by Gasteiger charge is 2.45. The lowest BCUT2D eigenvalue weighted by Gasteiger charge is -2.39. The number of nitrogen functional groups attached to an aromatic ring is 1. The molecule has 7 heterocycles. The summed E-state index contributed by atoms with van der Waals surface area (Å²) in [7, 11) is 0. The van der Waals surface area contributed by atoms with Crippen LogP contribution in [0.2, 0.25) is 0 Å². The first-order chi connectivity index (χ1) is 31.7. The second kappa shape index (κ2) is 18.0. The van der Waals surface area contributed by atoms with E-state index >= 15 is 0 Å². The van der Waals surface area contributed by atoms with Crippen molar-refractivity contribution in [3.8, 4) is 22.8 Å². The van der Waals surface area contributed by atoms with Gasteiger partial charge in [-0.3, -0.25) is 29.4 Å². The Morgan fingerprint density at radius 2 is 1.46 bits per heavy atom. The number of para-hydroxylation sites is 1. The minimum absolute atomic E-state index is 0.0514. The Bertz CT molecular complexity index is 2620. The topological polar surface area (TPSA) is 189 Å². The lowest BCUT2D eigenvalue weighted by molar-refractivity contribution is -0.136. The quantitative estimate of drug-likeness (QED) is 0.140. The van der Waals surface area contributed by atoms with Crippen molar-refractivity contribution < 1.29 is 28.7 Å². The van der Waals surface area contributed by atoms with Gasteiger partial charge in [-0.1, -0.05) is 37.5 Å². The SMILES string of the molecule is Nc1ncnc2c1c(-c1ccc(Oc3ccccc3)cc1)nn2C1CCCN(C(=O)N2CCC(CCCC3CCN(c4ccc5c(c4)C(=O)N(C4CCC(=O)NC4=O)C5=O)CC3)CC2)C1. The smallest absolute Gasteiger partial charge is 0.320 e. The molecule has 65 heavy (non-hydrogen) atoms. The molecule has 5 aliphatic rings. The number of aromatic nitrogens is 4. The third-order valence-corrected chi connectivity index (χ3v) is 14.2. The fraction of sp³-hybridized carbons (Fsp3) is 0.429. The number of nitrogens with one attached hydrogen (secondary N) is 1. The first-order valence-corrected chi connectivity index (χ1v) is 23.1. The van der Waals surface area contributed by atoms with Gasteiger partial charge in [-0.15, -0.1) is 0 Å². The van der Waals surface area contributed by atoms with Gasteiger partial charge in [-0.2, -0.15) is 5.10 Å². The highest BCUT2D eigenvalue weighted by atomic mass is 16.5. The highest BCUT2D eigenvalue weighted by molar-refractivity contribution is 6.23. The van der Waals surface area contributed by atoms with Gasteiger partial charge in [0.25, 0.3) is 11.8 Å². The van der Waals surface area contributed by atoms with Gasteiger partial charge in [-0.25, -0.2) is 19.4 Å². The molecule has 2 unspecified atom stereocenters. The summed E-state index contributed by atoms with van der Waals surface area (Å²) in [6.07, 6.45) is 11.1. The molecule has 2 aromatic heterocycles. The number of piperidine rings is 4. The zero-order valence-corrected chi connectivity index (χ0v) is 36.4. The Morgan fingerprint density at radius 1 is 0.754 bits per heavy atom. The Morgan fingerprint density at radius 3 is 2.20 bits per heavy atom. The number of anilines is 2. The number of fused-ring (bicyclic) bond motifs is 2. The summed E-state index contributed by atoms with van der Waals surface area (Å²) in [5.74, 6) is 1.14. The summed E-state index contributed by atoms with van der Waals surface area (Å²) in [5.41, 5.74) is 10.2. The van der Waals surface area contributed by atoms with Crippen molar-refractivity contribution in [1.82, 2.24) is 39.8 Å². The lowest BCUT2D eigenvalue weighted by atomic mass is 9.86. The minimum atomic E-state index is -0.969. The van der Waals surface area contributed by atoms with Gasteiger partial charge in [0, 0.05) is 56.9 Å². The molecule has 0 spiro atoms. The minimum Gasteiger partial charge on any atom is -0.457 e. The average molecular weight is 879 g/mol. The van der Waals surface area contributed by atoms with E-state index in [9.17, 15) is 24.0 Å². The number of hydrogen-bond acceptors (Lipinski definition) is 11. The highest BCUT2D eigenvalue weighted by Crippen LogP contribution is 2.37. The molecule has 4 saturated heterocycles. The summed E-state index contributed by atoms with van der Waals surface area (Å²) in [6.45, 7) is 4.55. The van der Waals surface area contributed by atoms with Crippen LogP contribution in [0.3, 0.4) is 0 Å². The van der Waals surface area contributed by atoms with Crippen LogP contribution in [0, 0.1) is 11.8 Å². The monoisotopic (exact) mass is 878 g/mol. The zero-order valence-electron chi connectivity index (χ0n) is 36.4. The normalized spacial score (nSPS) is 21.0. The van der Waals surface area contributed by atoms with Crippen molar-refractivity contribution in [2.24, 2.45) is 11.8 Å². The van der Waals surface area contributed by atoms with Crippen molar-refractivity contribution in [3.63, 3.8) is 0 Å². The molecule has 3 aromatic carbocycles. The third-order valence-electron chi connectivity index (χ3n) is 14.2. The number of rotatable bonds is 10. The fourth-order valence-electron chi connectivity index (χ4n) is 10.5. The Labute approximate surface area is 377 Å². The first-order valence-electron chi connectivity index (χ1n) is 23.1. The Hall–Kier alpha value is -6.84. The number of amides is 6. The van der Waals surface area contributed by atoms with Crippen LogP contribution < -0.4 is 20.7 Å². The van der Waals surface area contributed by atoms with Crippen LogP contribution in [0.5, 0.6) is 11.5 Å². The molecular formula is C49H54N10O6. The maximum Gasteiger partial charge on any atom is 0.320 e. The van der Waals surface area contributed by atoms with E-state index in [1.165, 1.54) is 25.6 Å². The number of nitrogens with two attached hydrogens (primary N) is 1. The molecule has 6 amide bonds. The molecule has 16 nitrogen and oxygen atoms in total. The Balaban J connectivity index is 0.686. The number of ether oxygens (including phenoxy) is 1. The molecule has 2 atom stereocenters. The van der Waals surface area contributed by atoms with Crippen molar-refractivity contribution in [1.29, 1.82) is 0 Å². The first kappa shape index (κ1) is 42.1. The molecule has 0 saturated carbocycles.